The molecule has 0 radical (unpaired) electrons. The highest BCUT2D eigenvalue weighted by Gasteiger charge is 2.35. The molecule has 0 bridgehead atoms. The van der Waals surface area contributed by atoms with Gasteiger partial charge in [-0.3, -0.25) is 4.79 Å². The Kier molecular flexibility index (Phi) is 6.55. The van der Waals surface area contributed by atoms with Crippen molar-refractivity contribution in [2.24, 2.45) is 0 Å². The Balaban J connectivity index is 1.52. The minimum Gasteiger partial charge on any atom is -0.486 e. The number of hydrogen-bond acceptors (Lipinski definition) is 6. The zero-order valence-corrected chi connectivity index (χ0v) is 16.3. The van der Waals surface area contributed by atoms with E-state index in [1.807, 2.05) is 30.3 Å². The number of carbonyl (C=O) groups is 2. The second-order valence-electron chi connectivity index (χ2n) is 7.16. The molecule has 1 aliphatic rings. The average molecular weight is 396 g/mol. The van der Waals surface area contributed by atoms with Gasteiger partial charge in [-0.25, -0.2) is 4.79 Å². The number of amides is 1. The number of rotatable bonds is 7. The van der Waals surface area contributed by atoms with E-state index in [0.29, 0.717) is 24.4 Å². The maximum absolute atomic E-state index is 12.4. The lowest BCUT2D eigenvalue weighted by Crippen LogP contribution is -2.52. The van der Waals surface area contributed by atoms with Crippen LogP contribution < -0.4 is 10.1 Å². The van der Waals surface area contributed by atoms with Gasteiger partial charge in [-0.1, -0.05) is 37.5 Å². The normalized spacial score (nSPS) is 16.3. The largest absolute Gasteiger partial charge is 0.486 e. The highest BCUT2D eigenvalue weighted by molar-refractivity contribution is 5.90. The van der Waals surface area contributed by atoms with Crippen LogP contribution in [0, 0.1) is 11.3 Å². The Bertz CT molecular complexity index is 878. The average Bonchev–Trinajstić information content (AvgIpc) is 3.23. The summed E-state index contributed by atoms with van der Waals surface area (Å²) in [5, 5.41) is 12.2. The zero-order valence-electron chi connectivity index (χ0n) is 16.3. The summed E-state index contributed by atoms with van der Waals surface area (Å²) in [4.78, 5) is 24.7. The van der Waals surface area contributed by atoms with Crippen molar-refractivity contribution in [3.8, 4) is 11.8 Å². The predicted octanol–water partition coefficient (Wildman–Crippen LogP) is 3.75. The zero-order chi connectivity index (χ0) is 20.7. The van der Waals surface area contributed by atoms with Gasteiger partial charge in [0.1, 0.15) is 23.7 Å². The van der Waals surface area contributed by atoms with Gasteiger partial charge in [0, 0.05) is 0 Å². The molecule has 0 spiro atoms. The molecule has 1 aliphatic carbocycles. The van der Waals surface area contributed by atoms with Gasteiger partial charge >= 0.3 is 5.97 Å². The molecule has 3 rings (SSSR count). The first kappa shape index (κ1) is 20.5. The van der Waals surface area contributed by atoms with Crippen molar-refractivity contribution in [1.82, 2.24) is 5.32 Å². The fourth-order valence-corrected chi connectivity index (χ4v) is 3.27. The van der Waals surface area contributed by atoms with Crippen LogP contribution in [0.2, 0.25) is 0 Å². The fourth-order valence-electron chi connectivity index (χ4n) is 3.27. The van der Waals surface area contributed by atoms with E-state index >= 15 is 0 Å². The monoisotopic (exact) mass is 396 g/mol. The lowest BCUT2D eigenvalue weighted by molar-refractivity contribution is -0.130. The molecule has 1 amide bonds. The van der Waals surface area contributed by atoms with Crippen molar-refractivity contribution in [2.75, 3.05) is 0 Å². The topological polar surface area (TPSA) is 102 Å². The number of para-hydroxylation sites is 1. The van der Waals surface area contributed by atoms with Gasteiger partial charge in [-0.05, 0) is 44.0 Å². The minimum absolute atomic E-state index is 0.0102. The summed E-state index contributed by atoms with van der Waals surface area (Å²) in [6, 6.07) is 14.6. The summed E-state index contributed by atoms with van der Waals surface area (Å²) in [6.45, 7) is 1.64. The van der Waals surface area contributed by atoms with E-state index in [1.54, 1.807) is 6.07 Å². The number of furan rings is 1. The Labute approximate surface area is 169 Å². The number of esters is 1. The van der Waals surface area contributed by atoms with Gasteiger partial charge in [0.15, 0.2) is 6.10 Å². The predicted molar refractivity (Wildman–Crippen MR) is 104 cm³/mol. The molecule has 0 saturated heterocycles. The highest BCUT2D eigenvalue weighted by atomic mass is 16.6. The van der Waals surface area contributed by atoms with E-state index in [9.17, 15) is 14.9 Å². The van der Waals surface area contributed by atoms with Crippen molar-refractivity contribution >= 4 is 11.9 Å². The molecule has 1 aromatic heterocycles. The van der Waals surface area contributed by atoms with E-state index in [2.05, 4.69) is 11.4 Å². The molecule has 7 nitrogen and oxygen atoms in total. The van der Waals surface area contributed by atoms with Crippen LogP contribution in [-0.4, -0.2) is 23.5 Å². The summed E-state index contributed by atoms with van der Waals surface area (Å²) < 4.78 is 16.2. The maximum Gasteiger partial charge on any atom is 0.375 e. The van der Waals surface area contributed by atoms with Gasteiger partial charge in [-0.2, -0.15) is 5.26 Å². The second kappa shape index (κ2) is 9.28. The van der Waals surface area contributed by atoms with Crippen LogP contribution in [0.15, 0.2) is 46.9 Å². The maximum atomic E-state index is 12.4. The molecular weight excluding hydrogens is 372 g/mol. The molecule has 1 atom stereocenters. The van der Waals surface area contributed by atoms with Gasteiger partial charge in [0.05, 0.1) is 6.07 Å². The molecule has 7 heteroatoms. The summed E-state index contributed by atoms with van der Waals surface area (Å²) in [5.74, 6) is -0.0887. The molecule has 1 N–H and O–H groups in total. The lowest BCUT2D eigenvalue weighted by Gasteiger charge is -2.32. The van der Waals surface area contributed by atoms with Crippen molar-refractivity contribution in [2.45, 2.75) is 57.3 Å². The van der Waals surface area contributed by atoms with Gasteiger partial charge in [0.25, 0.3) is 5.91 Å². The van der Waals surface area contributed by atoms with Crippen LogP contribution in [0.1, 0.15) is 55.3 Å². The molecule has 2 aromatic rings. The van der Waals surface area contributed by atoms with E-state index in [1.165, 1.54) is 13.0 Å². The third kappa shape index (κ3) is 5.38. The molecule has 152 valence electrons. The smallest absolute Gasteiger partial charge is 0.375 e. The number of carbonyl (C=O) groups excluding carboxylic acids is 2. The van der Waals surface area contributed by atoms with Crippen LogP contribution >= 0.6 is 0 Å². The molecule has 1 heterocycles. The number of nitrogens with zero attached hydrogens (tertiary/aromatic N) is 1. The fraction of sp³-hybridized carbons (Fsp3) is 0.409. The van der Waals surface area contributed by atoms with Crippen LogP contribution in [0.25, 0.3) is 0 Å². The van der Waals surface area contributed by atoms with Gasteiger partial charge in [0.2, 0.25) is 5.76 Å². The Morgan fingerprint density at radius 3 is 2.59 bits per heavy atom. The molecular formula is C22H24N2O5. The third-order valence-electron chi connectivity index (χ3n) is 4.92. The third-order valence-corrected chi connectivity index (χ3v) is 4.92. The highest BCUT2D eigenvalue weighted by Crippen LogP contribution is 2.27. The van der Waals surface area contributed by atoms with Crippen LogP contribution in [0.5, 0.6) is 5.75 Å². The number of nitrogens with one attached hydrogen (secondary N) is 1. The van der Waals surface area contributed by atoms with E-state index in [-0.39, 0.29) is 12.4 Å². The summed E-state index contributed by atoms with van der Waals surface area (Å²) in [6.07, 6.45) is 3.02. The summed E-state index contributed by atoms with van der Waals surface area (Å²) in [5.41, 5.74) is -0.872. The van der Waals surface area contributed by atoms with E-state index < -0.39 is 23.5 Å². The number of benzene rings is 1. The summed E-state index contributed by atoms with van der Waals surface area (Å²) >= 11 is 0. The first-order valence-electron chi connectivity index (χ1n) is 9.72. The van der Waals surface area contributed by atoms with Crippen molar-refractivity contribution < 1.29 is 23.5 Å². The Hall–Kier alpha value is -3.27. The van der Waals surface area contributed by atoms with Crippen LogP contribution in [-0.2, 0) is 16.1 Å². The van der Waals surface area contributed by atoms with Crippen molar-refractivity contribution in [3.05, 3.63) is 54.0 Å². The second-order valence-corrected chi connectivity index (χ2v) is 7.16. The van der Waals surface area contributed by atoms with Gasteiger partial charge < -0.3 is 19.2 Å². The van der Waals surface area contributed by atoms with Gasteiger partial charge in [-0.15, -0.1) is 0 Å². The van der Waals surface area contributed by atoms with Crippen LogP contribution in [0.3, 0.4) is 0 Å². The minimum atomic E-state index is -1.04. The number of nitriles is 1. The Morgan fingerprint density at radius 1 is 1.17 bits per heavy atom. The van der Waals surface area contributed by atoms with E-state index in [0.717, 1.165) is 19.3 Å². The molecule has 0 aliphatic heterocycles. The van der Waals surface area contributed by atoms with Crippen molar-refractivity contribution in [1.29, 1.82) is 5.26 Å². The SMILES string of the molecule is C[C@H](OC(=O)c1ccc(COc2ccccc2)o1)C(=O)NC1(C#N)CCCCC1. The quantitative estimate of drug-likeness (QED) is 0.715. The van der Waals surface area contributed by atoms with E-state index in [4.69, 9.17) is 13.9 Å². The first-order chi connectivity index (χ1) is 14.0. The molecule has 29 heavy (non-hydrogen) atoms. The first-order valence-corrected chi connectivity index (χ1v) is 9.72. The molecule has 0 unspecified atom stereocenters. The molecule has 1 aromatic carbocycles. The lowest BCUT2D eigenvalue weighted by atomic mass is 9.83. The molecule has 1 fully saturated rings. The van der Waals surface area contributed by atoms with Crippen molar-refractivity contribution in [3.63, 3.8) is 0 Å². The summed E-state index contributed by atoms with van der Waals surface area (Å²) in [7, 11) is 0. The Morgan fingerprint density at radius 2 is 1.90 bits per heavy atom. The molecule has 1 saturated carbocycles. The number of ether oxygens (including phenoxy) is 2. The van der Waals surface area contributed by atoms with Crippen LogP contribution in [0.4, 0.5) is 0 Å². The number of hydrogen-bond donors (Lipinski definition) is 1. The standard InChI is InChI=1S/C22H24N2O5/c1-16(20(25)24-22(15-23)12-6-3-7-13-22)28-21(26)19-11-10-18(29-19)14-27-17-8-4-2-5-9-17/h2,4-5,8-11,16H,3,6-7,12-14H2,1H3,(H,24,25)/t16-/m0/s1.